The molecule has 0 radical (unpaired) electrons. The highest BCUT2D eigenvalue weighted by Crippen LogP contribution is 2.18. The van der Waals surface area contributed by atoms with E-state index in [-0.39, 0.29) is 17.8 Å². The summed E-state index contributed by atoms with van der Waals surface area (Å²) < 4.78 is 5.61. The zero-order chi connectivity index (χ0) is 13.2. The number of hydrogen-bond acceptors (Lipinski definition) is 6. The Hall–Kier alpha value is -0.980. The first-order valence-corrected chi connectivity index (χ1v) is 6.32. The van der Waals surface area contributed by atoms with Crippen LogP contribution < -0.4 is 10.8 Å². The molecule has 0 bridgehead atoms. The average Bonchev–Trinajstić information content (AvgIpc) is 2.72. The molecule has 2 unspecified atom stereocenters. The molecule has 2 heterocycles. The molecule has 0 amide bonds. The lowest BCUT2D eigenvalue weighted by atomic mass is 9.89. The van der Waals surface area contributed by atoms with Crippen LogP contribution in [0.1, 0.15) is 27.7 Å². The van der Waals surface area contributed by atoms with Crippen LogP contribution in [-0.2, 0) is 9.57 Å². The number of nitrogens with zero attached hydrogens (tertiary/aromatic N) is 2. The van der Waals surface area contributed by atoms with E-state index in [9.17, 15) is 0 Å². The van der Waals surface area contributed by atoms with Gasteiger partial charge in [0.2, 0.25) is 5.90 Å². The summed E-state index contributed by atoms with van der Waals surface area (Å²) in [5, 5.41) is 3.18. The molecule has 2 aliphatic heterocycles. The lowest BCUT2D eigenvalue weighted by molar-refractivity contribution is 0.0287. The number of rotatable bonds is 2. The minimum Gasteiger partial charge on any atom is -0.476 e. The lowest BCUT2D eigenvalue weighted by Gasteiger charge is -2.23. The standard InChI is InChI=1S/C12H22N4O2/c1-8-15-10(16-18-8)7-17-11-6-13-9(5-14-11)12(2,3)4/h8,10,15-16H,5-7H2,1-4H3. The maximum Gasteiger partial charge on any atom is 0.206 e. The van der Waals surface area contributed by atoms with Crippen LogP contribution in [-0.4, -0.2) is 43.7 Å². The fourth-order valence-electron chi connectivity index (χ4n) is 1.79. The topological polar surface area (TPSA) is 67.2 Å². The quantitative estimate of drug-likeness (QED) is 0.761. The van der Waals surface area contributed by atoms with Crippen LogP contribution >= 0.6 is 0 Å². The van der Waals surface area contributed by atoms with Crippen molar-refractivity contribution in [3.63, 3.8) is 0 Å². The smallest absolute Gasteiger partial charge is 0.206 e. The molecule has 102 valence electrons. The van der Waals surface area contributed by atoms with Gasteiger partial charge in [0.05, 0.1) is 6.54 Å². The number of hydroxylamine groups is 1. The third-order valence-electron chi connectivity index (χ3n) is 2.92. The minimum atomic E-state index is 0.00990. The van der Waals surface area contributed by atoms with Crippen molar-refractivity contribution in [2.45, 2.75) is 40.1 Å². The van der Waals surface area contributed by atoms with Gasteiger partial charge >= 0.3 is 0 Å². The van der Waals surface area contributed by atoms with E-state index in [0.29, 0.717) is 25.6 Å². The highest BCUT2D eigenvalue weighted by molar-refractivity contribution is 5.96. The van der Waals surface area contributed by atoms with E-state index in [2.05, 4.69) is 41.6 Å². The van der Waals surface area contributed by atoms with Crippen molar-refractivity contribution in [1.29, 1.82) is 0 Å². The monoisotopic (exact) mass is 254 g/mol. The molecule has 0 spiro atoms. The molecular weight excluding hydrogens is 232 g/mol. The van der Waals surface area contributed by atoms with Gasteiger partial charge in [-0.3, -0.25) is 15.1 Å². The molecule has 0 aromatic carbocycles. The molecule has 1 saturated heterocycles. The highest BCUT2D eigenvalue weighted by atomic mass is 16.7. The van der Waals surface area contributed by atoms with Gasteiger partial charge in [0.15, 0.2) is 0 Å². The SMILES string of the molecule is CC1NC(COC2=NCC(C(C)(C)C)=NC2)NO1. The first kappa shape index (κ1) is 13.5. The maximum atomic E-state index is 5.61. The van der Waals surface area contributed by atoms with Crippen LogP contribution in [0.4, 0.5) is 0 Å². The number of aliphatic imine (C=N–C) groups is 2. The van der Waals surface area contributed by atoms with Crippen molar-refractivity contribution in [2.75, 3.05) is 19.7 Å². The van der Waals surface area contributed by atoms with Crippen molar-refractivity contribution < 1.29 is 9.57 Å². The molecule has 18 heavy (non-hydrogen) atoms. The Morgan fingerprint density at radius 3 is 2.61 bits per heavy atom. The van der Waals surface area contributed by atoms with Crippen molar-refractivity contribution in [3.05, 3.63) is 0 Å². The third-order valence-corrected chi connectivity index (χ3v) is 2.92. The number of ether oxygens (including phenoxy) is 1. The fraction of sp³-hybridized carbons (Fsp3) is 0.833. The van der Waals surface area contributed by atoms with Gasteiger partial charge in [0.1, 0.15) is 25.5 Å². The van der Waals surface area contributed by atoms with E-state index in [1.165, 1.54) is 0 Å². The second-order valence-electron chi connectivity index (χ2n) is 5.63. The van der Waals surface area contributed by atoms with E-state index >= 15 is 0 Å². The molecule has 2 aliphatic rings. The van der Waals surface area contributed by atoms with E-state index in [1.807, 2.05) is 6.92 Å². The van der Waals surface area contributed by atoms with Gasteiger partial charge in [-0.25, -0.2) is 4.99 Å². The van der Waals surface area contributed by atoms with Gasteiger partial charge in [-0.15, -0.1) is 0 Å². The van der Waals surface area contributed by atoms with Crippen LogP contribution in [0, 0.1) is 5.41 Å². The molecule has 2 rings (SSSR count). The largest absolute Gasteiger partial charge is 0.476 e. The summed E-state index contributed by atoms with van der Waals surface area (Å²) in [5.41, 5.74) is 4.07. The molecule has 0 aromatic heterocycles. The molecule has 0 aliphatic carbocycles. The van der Waals surface area contributed by atoms with Gasteiger partial charge in [0.25, 0.3) is 0 Å². The summed E-state index contributed by atoms with van der Waals surface area (Å²) in [5.74, 6) is 0.700. The molecule has 0 saturated carbocycles. The molecule has 1 fully saturated rings. The Morgan fingerprint density at radius 2 is 2.11 bits per heavy atom. The first-order valence-electron chi connectivity index (χ1n) is 6.32. The third kappa shape index (κ3) is 3.51. The summed E-state index contributed by atoms with van der Waals surface area (Å²) in [6, 6.07) is 0. The van der Waals surface area contributed by atoms with Crippen LogP contribution in [0.25, 0.3) is 0 Å². The summed E-state index contributed by atoms with van der Waals surface area (Å²) in [6.45, 7) is 10.1. The number of hydrogen-bond donors (Lipinski definition) is 2. The Labute approximate surface area is 108 Å². The van der Waals surface area contributed by atoms with Gasteiger partial charge in [-0.2, -0.15) is 5.48 Å². The number of nitrogens with one attached hydrogen (secondary N) is 2. The minimum absolute atomic E-state index is 0.00990. The second kappa shape index (κ2) is 5.34. The van der Waals surface area contributed by atoms with Gasteiger partial charge < -0.3 is 4.74 Å². The predicted octanol–water partition coefficient (Wildman–Crippen LogP) is 0.699. The van der Waals surface area contributed by atoms with E-state index in [0.717, 1.165) is 5.71 Å². The zero-order valence-corrected chi connectivity index (χ0v) is 11.5. The van der Waals surface area contributed by atoms with Crippen molar-refractivity contribution in [1.82, 2.24) is 10.8 Å². The zero-order valence-electron chi connectivity index (χ0n) is 11.5. The van der Waals surface area contributed by atoms with Gasteiger partial charge in [0, 0.05) is 11.1 Å². The summed E-state index contributed by atoms with van der Waals surface area (Å²) in [4.78, 5) is 14.1. The molecule has 2 N–H and O–H groups in total. The highest BCUT2D eigenvalue weighted by Gasteiger charge is 2.23. The van der Waals surface area contributed by atoms with Crippen molar-refractivity contribution in [3.8, 4) is 0 Å². The molecule has 2 atom stereocenters. The van der Waals surface area contributed by atoms with E-state index < -0.39 is 0 Å². The van der Waals surface area contributed by atoms with Crippen LogP contribution in [0.2, 0.25) is 0 Å². The normalized spacial score (nSPS) is 28.9. The Morgan fingerprint density at radius 1 is 1.33 bits per heavy atom. The summed E-state index contributed by atoms with van der Waals surface area (Å²) >= 11 is 0. The summed E-state index contributed by atoms with van der Waals surface area (Å²) in [7, 11) is 0. The maximum absolute atomic E-state index is 5.61. The van der Waals surface area contributed by atoms with Gasteiger partial charge in [-0.05, 0) is 6.92 Å². The first-order chi connectivity index (χ1) is 8.45. The van der Waals surface area contributed by atoms with Gasteiger partial charge in [-0.1, -0.05) is 20.8 Å². The summed E-state index contributed by atoms with van der Waals surface area (Å²) in [6.07, 6.45) is 0.0214. The Kier molecular flexibility index (Phi) is 3.99. The average molecular weight is 254 g/mol. The predicted molar refractivity (Wildman–Crippen MR) is 70.6 cm³/mol. The molecule has 0 aromatic rings. The van der Waals surface area contributed by atoms with Crippen LogP contribution in [0.15, 0.2) is 9.98 Å². The van der Waals surface area contributed by atoms with E-state index in [1.54, 1.807) is 0 Å². The molecule has 6 heteroatoms. The second-order valence-corrected chi connectivity index (χ2v) is 5.63. The molecular formula is C12H22N4O2. The van der Waals surface area contributed by atoms with Crippen molar-refractivity contribution >= 4 is 11.6 Å². The van der Waals surface area contributed by atoms with Crippen molar-refractivity contribution in [2.24, 2.45) is 15.4 Å². The lowest BCUT2D eigenvalue weighted by Crippen LogP contribution is -2.38. The van der Waals surface area contributed by atoms with E-state index in [4.69, 9.17) is 9.57 Å². The Balaban J connectivity index is 1.75. The fourth-order valence-corrected chi connectivity index (χ4v) is 1.79. The van der Waals surface area contributed by atoms with Crippen LogP contribution in [0.3, 0.4) is 0 Å². The van der Waals surface area contributed by atoms with Crippen LogP contribution in [0.5, 0.6) is 0 Å². The molecule has 6 nitrogen and oxygen atoms in total. The Bertz CT molecular complexity index is 360.